The predicted molar refractivity (Wildman–Crippen MR) is 101 cm³/mol. The Morgan fingerprint density at radius 2 is 1.89 bits per heavy atom. The number of aromatic nitrogens is 2. The second-order valence-corrected chi connectivity index (χ2v) is 6.42. The van der Waals surface area contributed by atoms with E-state index in [4.69, 9.17) is 4.74 Å². The van der Waals surface area contributed by atoms with E-state index in [2.05, 4.69) is 10.4 Å². The quantitative estimate of drug-likeness (QED) is 0.719. The van der Waals surface area contributed by atoms with E-state index >= 15 is 0 Å². The zero-order valence-corrected chi connectivity index (χ0v) is 15.6. The summed E-state index contributed by atoms with van der Waals surface area (Å²) in [6.45, 7) is 5.69. The minimum Gasteiger partial charge on any atom is -0.484 e. The molecule has 3 rings (SSSR count). The van der Waals surface area contributed by atoms with E-state index in [9.17, 15) is 9.18 Å². The summed E-state index contributed by atoms with van der Waals surface area (Å²) < 4.78 is 20.4. The van der Waals surface area contributed by atoms with Gasteiger partial charge in [-0.1, -0.05) is 18.2 Å². The summed E-state index contributed by atoms with van der Waals surface area (Å²) >= 11 is 0. The number of carbonyl (C=O) groups is 1. The average Bonchev–Trinajstić information content (AvgIpc) is 3.03. The van der Waals surface area contributed by atoms with E-state index in [1.165, 1.54) is 12.1 Å². The van der Waals surface area contributed by atoms with Crippen LogP contribution in [0.1, 0.15) is 29.8 Å². The number of carbonyl (C=O) groups excluding carboxylic acids is 1. The summed E-state index contributed by atoms with van der Waals surface area (Å²) in [6.07, 6.45) is 1.71. The zero-order chi connectivity index (χ0) is 19.4. The highest BCUT2D eigenvalue weighted by molar-refractivity contribution is 5.78. The van der Waals surface area contributed by atoms with E-state index in [0.717, 1.165) is 22.5 Å². The van der Waals surface area contributed by atoms with Crippen molar-refractivity contribution in [2.24, 2.45) is 0 Å². The van der Waals surface area contributed by atoms with E-state index in [1.54, 1.807) is 23.0 Å². The maximum atomic E-state index is 13.1. The minimum atomic E-state index is -0.293. The molecule has 1 unspecified atom stereocenters. The van der Waals surface area contributed by atoms with Crippen molar-refractivity contribution in [3.63, 3.8) is 0 Å². The fraction of sp³-hybridized carbons (Fsp3) is 0.238. The molecule has 0 spiro atoms. The molecule has 0 saturated carbocycles. The first-order chi connectivity index (χ1) is 13.0. The molecule has 3 aromatic rings. The fourth-order valence-electron chi connectivity index (χ4n) is 2.91. The Hall–Kier alpha value is -3.15. The number of aryl methyl sites for hydroxylation is 1. The molecule has 0 aliphatic heterocycles. The highest BCUT2D eigenvalue weighted by Gasteiger charge is 2.17. The summed E-state index contributed by atoms with van der Waals surface area (Å²) in [5, 5.41) is 7.28. The molecule has 0 aliphatic rings. The van der Waals surface area contributed by atoms with E-state index in [-0.39, 0.29) is 24.4 Å². The van der Waals surface area contributed by atoms with Gasteiger partial charge in [0.1, 0.15) is 11.6 Å². The van der Waals surface area contributed by atoms with Gasteiger partial charge >= 0.3 is 0 Å². The van der Waals surface area contributed by atoms with Crippen LogP contribution < -0.4 is 10.1 Å². The van der Waals surface area contributed by atoms with E-state index in [0.29, 0.717) is 5.75 Å². The number of ether oxygens (including phenoxy) is 1. The van der Waals surface area contributed by atoms with Gasteiger partial charge in [-0.3, -0.25) is 4.79 Å². The normalized spacial score (nSPS) is 11.9. The molecule has 2 aromatic carbocycles. The molecule has 1 aromatic heterocycles. The highest BCUT2D eigenvalue weighted by Crippen LogP contribution is 2.21. The molecule has 5 nitrogen and oxygen atoms in total. The molecule has 0 saturated heterocycles. The van der Waals surface area contributed by atoms with Crippen molar-refractivity contribution in [1.29, 1.82) is 0 Å². The van der Waals surface area contributed by atoms with Crippen LogP contribution in [0.5, 0.6) is 5.75 Å². The second-order valence-electron chi connectivity index (χ2n) is 6.42. The van der Waals surface area contributed by atoms with Crippen LogP contribution in [-0.4, -0.2) is 22.3 Å². The first kappa shape index (κ1) is 18.6. The number of benzene rings is 2. The van der Waals surface area contributed by atoms with Crippen LogP contribution in [-0.2, 0) is 4.79 Å². The number of hydrogen-bond donors (Lipinski definition) is 1. The average molecular weight is 367 g/mol. The maximum absolute atomic E-state index is 13.1. The van der Waals surface area contributed by atoms with Gasteiger partial charge < -0.3 is 10.1 Å². The number of hydrogen-bond acceptors (Lipinski definition) is 3. The Kier molecular flexibility index (Phi) is 5.54. The van der Waals surface area contributed by atoms with Gasteiger partial charge in [0.05, 0.1) is 17.9 Å². The number of para-hydroxylation sites is 1. The van der Waals surface area contributed by atoms with Crippen molar-refractivity contribution < 1.29 is 13.9 Å². The number of nitrogens with one attached hydrogen (secondary N) is 1. The minimum absolute atomic E-state index is 0.0552. The Bertz CT molecular complexity index is 935. The number of rotatable bonds is 6. The van der Waals surface area contributed by atoms with E-state index in [1.807, 2.05) is 45.0 Å². The van der Waals surface area contributed by atoms with Gasteiger partial charge in [-0.25, -0.2) is 9.07 Å². The lowest BCUT2D eigenvalue weighted by Crippen LogP contribution is -2.31. The van der Waals surface area contributed by atoms with Crippen molar-refractivity contribution in [3.05, 3.63) is 77.4 Å². The fourth-order valence-corrected chi connectivity index (χ4v) is 2.91. The first-order valence-electron chi connectivity index (χ1n) is 8.74. The van der Waals surface area contributed by atoms with Crippen molar-refractivity contribution in [2.45, 2.75) is 26.8 Å². The Labute approximate surface area is 157 Å². The largest absolute Gasteiger partial charge is 0.484 e. The number of nitrogens with zero attached hydrogens (tertiary/aromatic N) is 2. The Morgan fingerprint density at radius 3 is 2.59 bits per heavy atom. The zero-order valence-electron chi connectivity index (χ0n) is 15.6. The topological polar surface area (TPSA) is 56.1 Å². The van der Waals surface area contributed by atoms with Gasteiger partial charge in [0.25, 0.3) is 5.91 Å². The summed E-state index contributed by atoms with van der Waals surface area (Å²) in [4.78, 5) is 12.2. The highest BCUT2D eigenvalue weighted by atomic mass is 19.1. The maximum Gasteiger partial charge on any atom is 0.258 e. The summed E-state index contributed by atoms with van der Waals surface area (Å²) in [7, 11) is 0. The van der Waals surface area contributed by atoms with Crippen LogP contribution in [0, 0.1) is 19.7 Å². The lowest BCUT2D eigenvalue weighted by atomic mass is 10.1. The van der Waals surface area contributed by atoms with Gasteiger partial charge in [0, 0.05) is 11.3 Å². The van der Waals surface area contributed by atoms with Crippen LogP contribution in [0.4, 0.5) is 4.39 Å². The van der Waals surface area contributed by atoms with E-state index < -0.39 is 0 Å². The van der Waals surface area contributed by atoms with Crippen LogP contribution in [0.3, 0.4) is 0 Å². The monoisotopic (exact) mass is 367 g/mol. The van der Waals surface area contributed by atoms with Crippen LogP contribution in [0.2, 0.25) is 0 Å². The third-order valence-corrected chi connectivity index (χ3v) is 4.42. The molecule has 1 atom stereocenters. The summed E-state index contributed by atoms with van der Waals surface area (Å²) in [6, 6.07) is 13.5. The van der Waals surface area contributed by atoms with Crippen LogP contribution >= 0.6 is 0 Å². The standard InChI is InChI=1S/C21H22FN3O2/c1-14-6-4-5-7-20(14)27-13-21(26)24-15(2)19-12-23-25(16(19)3)18-10-8-17(22)9-11-18/h4-12,15H,13H2,1-3H3,(H,24,26). The van der Waals surface area contributed by atoms with Crippen molar-refractivity contribution in [2.75, 3.05) is 6.61 Å². The lowest BCUT2D eigenvalue weighted by Gasteiger charge is -2.15. The van der Waals surface area contributed by atoms with Gasteiger partial charge in [0.2, 0.25) is 0 Å². The van der Waals surface area contributed by atoms with Crippen molar-refractivity contribution >= 4 is 5.91 Å². The molecule has 0 aliphatic carbocycles. The molecule has 27 heavy (non-hydrogen) atoms. The number of halogens is 1. The molecule has 1 amide bonds. The molecule has 1 heterocycles. The second kappa shape index (κ2) is 8.03. The molecule has 1 N–H and O–H groups in total. The summed E-state index contributed by atoms with van der Waals surface area (Å²) in [5.74, 6) is 0.193. The van der Waals surface area contributed by atoms with Gasteiger partial charge in [-0.05, 0) is 56.7 Å². The third-order valence-electron chi connectivity index (χ3n) is 4.42. The van der Waals surface area contributed by atoms with Crippen molar-refractivity contribution in [3.8, 4) is 11.4 Å². The van der Waals surface area contributed by atoms with Gasteiger partial charge in [-0.2, -0.15) is 5.10 Å². The van der Waals surface area contributed by atoms with Gasteiger partial charge in [-0.15, -0.1) is 0 Å². The molecular weight excluding hydrogens is 345 g/mol. The lowest BCUT2D eigenvalue weighted by molar-refractivity contribution is -0.123. The molecular formula is C21H22FN3O2. The smallest absolute Gasteiger partial charge is 0.258 e. The van der Waals surface area contributed by atoms with Gasteiger partial charge in [0.15, 0.2) is 6.61 Å². The van der Waals surface area contributed by atoms with Crippen LogP contribution in [0.25, 0.3) is 5.69 Å². The molecule has 0 fully saturated rings. The molecule has 0 bridgehead atoms. The number of amides is 1. The third kappa shape index (κ3) is 4.34. The molecule has 0 radical (unpaired) electrons. The SMILES string of the molecule is Cc1ccccc1OCC(=O)NC(C)c1cnn(-c2ccc(F)cc2)c1C. The predicted octanol–water partition coefficient (Wildman–Crippen LogP) is 3.88. The van der Waals surface area contributed by atoms with Crippen LogP contribution in [0.15, 0.2) is 54.7 Å². The Balaban J connectivity index is 1.64. The Morgan fingerprint density at radius 1 is 1.19 bits per heavy atom. The molecule has 140 valence electrons. The first-order valence-corrected chi connectivity index (χ1v) is 8.74. The van der Waals surface area contributed by atoms with Crippen molar-refractivity contribution in [1.82, 2.24) is 15.1 Å². The summed E-state index contributed by atoms with van der Waals surface area (Å²) in [5.41, 5.74) is 3.52. The molecule has 6 heteroatoms.